The zero-order valence-corrected chi connectivity index (χ0v) is 14.7. The Morgan fingerprint density at radius 3 is 2.85 bits per heavy atom. The van der Waals surface area contributed by atoms with Gasteiger partial charge in [0.1, 0.15) is 11.5 Å². The van der Waals surface area contributed by atoms with E-state index in [9.17, 15) is 4.79 Å². The van der Waals surface area contributed by atoms with Crippen molar-refractivity contribution in [2.45, 2.75) is 24.8 Å². The van der Waals surface area contributed by atoms with Crippen LogP contribution in [0.4, 0.5) is 0 Å². The second-order valence-electron chi connectivity index (χ2n) is 7.24. The summed E-state index contributed by atoms with van der Waals surface area (Å²) in [5.41, 5.74) is 2.68. The van der Waals surface area contributed by atoms with Crippen molar-refractivity contribution in [3.63, 3.8) is 0 Å². The lowest BCUT2D eigenvalue weighted by Crippen LogP contribution is -2.34. The number of hydrogen-bond donors (Lipinski definition) is 0. The van der Waals surface area contributed by atoms with Gasteiger partial charge in [-0.2, -0.15) is 5.10 Å². The van der Waals surface area contributed by atoms with Crippen molar-refractivity contribution in [2.24, 2.45) is 7.05 Å². The molecule has 1 fully saturated rings. The quantitative estimate of drug-likeness (QED) is 0.709. The van der Waals surface area contributed by atoms with Crippen LogP contribution >= 0.6 is 0 Å². The van der Waals surface area contributed by atoms with Crippen molar-refractivity contribution in [3.8, 4) is 11.3 Å². The van der Waals surface area contributed by atoms with Gasteiger partial charge in [-0.3, -0.25) is 14.5 Å². The number of pyridine rings is 1. The second-order valence-corrected chi connectivity index (χ2v) is 7.24. The van der Waals surface area contributed by atoms with Gasteiger partial charge in [-0.15, -0.1) is 0 Å². The van der Waals surface area contributed by atoms with E-state index < -0.39 is 0 Å². The van der Waals surface area contributed by atoms with Gasteiger partial charge in [-0.1, -0.05) is 0 Å². The van der Waals surface area contributed by atoms with Crippen molar-refractivity contribution < 1.29 is 4.79 Å². The Bertz CT molecular complexity index is 975. The summed E-state index contributed by atoms with van der Waals surface area (Å²) in [6.07, 6.45) is 9.38. The molecule has 7 nitrogen and oxygen atoms in total. The van der Waals surface area contributed by atoms with E-state index in [4.69, 9.17) is 4.98 Å². The Morgan fingerprint density at radius 2 is 2.08 bits per heavy atom. The fourth-order valence-electron chi connectivity index (χ4n) is 4.33. The summed E-state index contributed by atoms with van der Waals surface area (Å²) < 4.78 is 3.97. The lowest BCUT2D eigenvalue weighted by atomic mass is 9.85. The maximum absolute atomic E-state index is 12.8. The van der Waals surface area contributed by atoms with Crippen molar-refractivity contribution in [1.82, 2.24) is 29.2 Å². The van der Waals surface area contributed by atoms with E-state index >= 15 is 0 Å². The van der Waals surface area contributed by atoms with Crippen LogP contribution in [0.2, 0.25) is 0 Å². The predicted molar refractivity (Wildman–Crippen MR) is 95.5 cm³/mol. The number of rotatable bonds is 2. The number of imidazole rings is 1. The highest BCUT2D eigenvalue weighted by atomic mass is 16.2. The van der Waals surface area contributed by atoms with Crippen LogP contribution in [-0.4, -0.2) is 48.2 Å². The molecule has 2 aliphatic heterocycles. The lowest BCUT2D eigenvalue weighted by Gasteiger charge is -2.22. The molecule has 3 aromatic heterocycles. The Kier molecular flexibility index (Phi) is 3.25. The number of hydrogen-bond acceptors (Lipinski definition) is 4. The van der Waals surface area contributed by atoms with Crippen LogP contribution in [0.15, 0.2) is 43.0 Å². The van der Waals surface area contributed by atoms with Crippen LogP contribution in [0.1, 0.15) is 29.2 Å². The first kappa shape index (κ1) is 15.3. The number of aryl methyl sites for hydroxylation is 1. The molecular formula is C19H20N6O. The van der Waals surface area contributed by atoms with Crippen molar-refractivity contribution in [1.29, 1.82) is 0 Å². The summed E-state index contributed by atoms with van der Waals surface area (Å²) in [6, 6.07) is 5.79. The third-order valence-electron chi connectivity index (χ3n) is 5.67. The molecule has 0 aliphatic carbocycles. The molecule has 0 aromatic carbocycles. The van der Waals surface area contributed by atoms with Gasteiger partial charge in [-0.05, 0) is 31.0 Å². The van der Waals surface area contributed by atoms with Gasteiger partial charge < -0.3 is 9.47 Å². The van der Waals surface area contributed by atoms with Gasteiger partial charge in [-0.25, -0.2) is 4.98 Å². The standard InChI is InChI=1S/C19H20N6O/c1-23-8-4-15(22-23)17(26)24-9-5-19(13-24)6-10-25-16(12-21-18(19)25)14-3-2-7-20-11-14/h2-4,7-8,11-12H,5-6,9-10,13H2,1H3. The number of carbonyl (C=O) groups excluding carboxylic acids is 1. The van der Waals surface area contributed by atoms with E-state index in [0.29, 0.717) is 12.2 Å². The number of likely N-dealkylation sites (tertiary alicyclic amines) is 1. The van der Waals surface area contributed by atoms with E-state index in [1.54, 1.807) is 16.9 Å². The van der Waals surface area contributed by atoms with Crippen LogP contribution in [0.25, 0.3) is 11.3 Å². The fraction of sp³-hybridized carbons (Fsp3) is 0.368. The van der Waals surface area contributed by atoms with Crippen molar-refractivity contribution >= 4 is 5.91 Å². The average Bonchev–Trinajstić information content (AvgIpc) is 3.42. The minimum Gasteiger partial charge on any atom is -0.336 e. The Morgan fingerprint density at radius 1 is 1.19 bits per heavy atom. The molecule has 5 rings (SSSR count). The summed E-state index contributed by atoms with van der Waals surface area (Å²) in [5.74, 6) is 1.12. The molecule has 26 heavy (non-hydrogen) atoms. The summed E-state index contributed by atoms with van der Waals surface area (Å²) in [7, 11) is 1.83. The summed E-state index contributed by atoms with van der Waals surface area (Å²) in [6.45, 7) is 2.40. The SMILES string of the molecule is Cn1ccc(C(=O)N2CCC3(CCn4c(-c5cccnc5)cnc43)C2)n1. The number of carbonyl (C=O) groups is 1. The molecule has 0 N–H and O–H groups in total. The van der Waals surface area contributed by atoms with Gasteiger partial charge in [0.2, 0.25) is 0 Å². The Hall–Kier alpha value is -2.96. The third kappa shape index (κ3) is 2.20. The molecule has 0 radical (unpaired) electrons. The summed E-state index contributed by atoms with van der Waals surface area (Å²) in [5, 5.41) is 4.26. The highest BCUT2D eigenvalue weighted by molar-refractivity contribution is 5.92. The molecular weight excluding hydrogens is 328 g/mol. The summed E-state index contributed by atoms with van der Waals surface area (Å²) >= 11 is 0. The summed E-state index contributed by atoms with van der Waals surface area (Å²) in [4.78, 5) is 23.7. The van der Waals surface area contributed by atoms with Crippen LogP contribution in [0.3, 0.4) is 0 Å². The molecule has 1 unspecified atom stereocenters. The topological polar surface area (TPSA) is 68.8 Å². The molecule has 132 valence electrons. The third-order valence-corrected chi connectivity index (χ3v) is 5.67. The van der Waals surface area contributed by atoms with Gasteiger partial charge in [0.05, 0.1) is 11.9 Å². The zero-order valence-electron chi connectivity index (χ0n) is 14.7. The van der Waals surface area contributed by atoms with Gasteiger partial charge in [0, 0.05) is 56.3 Å². The molecule has 1 atom stereocenters. The zero-order chi connectivity index (χ0) is 17.7. The number of amides is 1. The first-order valence-electron chi connectivity index (χ1n) is 8.92. The van der Waals surface area contributed by atoms with E-state index in [1.807, 2.05) is 36.6 Å². The van der Waals surface area contributed by atoms with Crippen LogP contribution in [-0.2, 0) is 19.0 Å². The molecule has 3 aromatic rings. The lowest BCUT2D eigenvalue weighted by molar-refractivity contribution is 0.0776. The van der Waals surface area contributed by atoms with Crippen LogP contribution < -0.4 is 0 Å². The van der Waals surface area contributed by atoms with Gasteiger partial charge >= 0.3 is 0 Å². The molecule has 0 bridgehead atoms. The van der Waals surface area contributed by atoms with E-state index in [-0.39, 0.29) is 11.3 Å². The normalized spacial score (nSPS) is 21.5. The van der Waals surface area contributed by atoms with E-state index in [2.05, 4.69) is 20.7 Å². The minimum atomic E-state index is -0.0368. The number of fused-ring (bicyclic) bond motifs is 2. The Labute approximate surface area is 151 Å². The largest absolute Gasteiger partial charge is 0.336 e. The van der Waals surface area contributed by atoms with Crippen LogP contribution in [0, 0.1) is 0 Å². The molecule has 0 saturated carbocycles. The van der Waals surface area contributed by atoms with E-state index in [1.165, 1.54) is 0 Å². The highest BCUT2D eigenvalue weighted by Gasteiger charge is 2.48. The van der Waals surface area contributed by atoms with Crippen molar-refractivity contribution in [2.75, 3.05) is 13.1 Å². The number of aromatic nitrogens is 5. The fourth-order valence-corrected chi connectivity index (χ4v) is 4.33. The molecule has 1 spiro atoms. The molecule has 7 heteroatoms. The van der Waals surface area contributed by atoms with Gasteiger partial charge in [0.25, 0.3) is 5.91 Å². The first-order valence-corrected chi connectivity index (χ1v) is 8.92. The maximum Gasteiger partial charge on any atom is 0.274 e. The smallest absolute Gasteiger partial charge is 0.274 e. The second kappa shape index (κ2) is 5.52. The Balaban J connectivity index is 1.43. The highest BCUT2D eigenvalue weighted by Crippen LogP contribution is 2.44. The van der Waals surface area contributed by atoms with E-state index in [0.717, 1.165) is 43.0 Å². The predicted octanol–water partition coefficient (Wildman–Crippen LogP) is 1.87. The maximum atomic E-state index is 12.8. The van der Waals surface area contributed by atoms with Crippen molar-refractivity contribution in [3.05, 3.63) is 54.5 Å². The molecule has 2 aliphatic rings. The minimum absolute atomic E-state index is 0.0139. The monoisotopic (exact) mass is 348 g/mol. The molecule has 1 amide bonds. The first-order chi connectivity index (χ1) is 12.7. The molecule has 5 heterocycles. The average molecular weight is 348 g/mol. The van der Waals surface area contributed by atoms with Crippen LogP contribution in [0.5, 0.6) is 0 Å². The number of nitrogens with zero attached hydrogens (tertiary/aromatic N) is 6. The molecule has 1 saturated heterocycles. The van der Waals surface area contributed by atoms with Gasteiger partial charge in [0.15, 0.2) is 0 Å².